The van der Waals surface area contributed by atoms with Crippen LogP contribution < -0.4 is 0 Å². The first-order valence-electron chi connectivity index (χ1n) is 17.0. The van der Waals surface area contributed by atoms with Gasteiger partial charge in [0.1, 0.15) is 0 Å². The van der Waals surface area contributed by atoms with E-state index >= 15 is 0 Å². The molecule has 0 bridgehead atoms. The molecule has 0 aliphatic carbocycles. The SMILES string of the molecule is C=NC(=NC(=NCc1ccc(-n2c3ccccc3c3ccccc32)cc1)c1cccc2c1sc1ccccc12)c1ccccc1-c1ccccc1. The Morgan fingerprint density at radius 1 is 0.529 bits per heavy atom. The maximum atomic E-state index is 5.23. The Labute approximate surface area is 300 Å². The number of para-hydroxylation sites is 2. The number of hydrogen-bond donors (Lipinski definition) is 0. The lowest BCUT2D eigenvalue weighted by atomic mass is 9.99. The topological polar surface area (TPSA) is 42.0 Å². The van der Waals surface area contributed by atoms with Crippen LogP contribution in [0.3, 0.4) is 0 Å². The van der Waals surface area contributed by atoms with Gasteiger partial charge in [-0.1, -0.05) is 133 Å². The highest BCUT2D eigenvalue weighted by atomic mass is 32.1. The minimum absolute atomic E-state index is 0.457. The lowest BCUT2D eigenvalue weighted by molar-refractivity contribution is 1.06. The van der Waals surface area contributed by atoms with Gasteiger partial charge in [-0.2, -0.15) is 0 Å². The summed E-state index contributed by atoms with van der Waals surface area (Å²) in [5.41, 5.74) is 8.62. The molecule has 0 amide bonds. The van der Waals surface area contributed by atoms with Crippen molar-refractivity contribution in [2.45, 2.75) is 6.54 Å². The maximum Gasteiger partial charge on any atom is 0.161 e. The zero-order valence-electron chi connectivity index (χ0n) is 27.8. The van der Waals surface area contributed by atoms with Crippen LogP contribution in [0.5, 0.6) is 0 Å². The molecule has 51 heavy (non-hydrogen) atoms. The van der Waals surface area contributed by atoms with E-state index in [4.69, 9.17) is 9.98 Å². The molecule has 2 heterocycles. The summed E-state index contributed by atoms with van der Waals surface area (Å²) in [5, 5.41) is 4.93. The second kappa shape index (κ2) is 13.1. The van der Waals surface area contributed by atoms with Gasteiger partial charge in [0.25, 0.3) is 0 Å². The van der Waals surface area contributed by atoms with E-state index in [0.29, 0.717) is 18.2 Å². The smallest absolute Gasteiger partial charge is 0.161 e. The number of aliphatic imine (C=N–C) groups is 3. The molecule has 242 valence electrons. The van der Waals surface area contributed by atoms with Crippen LogP contribution in [-0.2, 0) is 6.54 Å². The number of nitrogens with zero attached hydrogens (tertiary/aromatic N) is 4. The summed E-state index contributed by atoms with van der Waals surface area (Å²) >= 11 is 1.77. The molecule has 0 fully saturated rings. The third kappa shape index (κ3) is 5.54. The van der Waals surface area contributed by atoms with Crippen molar-refractivity contribution < 1.29 is 0 Å². The average Bonchev–Trinajstić information content (AvgIpc) is 3.75. The summed E-state index contributed by atoms with van der Waals surface area (Å²) in [7, 11) is 0. The highest BCUT2D eigenvalue weighted by Crippen LogP contribution is 2.37. The van der Waals surface area contributed by atoms with Crippen LogP contribution in [0.15, 0.2) is 185 Å². The first-order valence-corrected chi connectivity index (χ1v) is 17.8. The number of fused-ring (bicyclic) bond motifs is 6. The summed E-state index contributed by atoms with van der Waals surface area (Å²) < 4.78 is 4.73. The Balaban J connectivity index is 1.16. The van der Waals surface area contributed by atoms with Crippen molar-refractivity contribution in [3.8, 4) is 16.8 Å². The predicted molar refractivity (Wildman–Crippen MR) is 218 cm³/mol. The summed E-state index contributed by atoms with van der Waals surface area (Å²) in [4.78, 5) is 15.0. The quantitative estimate of drug-likeness (QED) is 0.125. The van der Waals surface area contributed by atoms with Gasteiger partial charge in [0.05, 0.1) is 17.6 Å². The second-order valence-corrected chi connectivity index (χ2v) is 13.5. The molecule has 0 aliphatic rings. The normalized spacial score (nSPS) is 12.3. The number of aromatic nitrogens is 1. The average molecular weight is 673 g/mol. The van der Waals surface area contributed by atoms with E-state index in [9.17, 15) is 0 Å². The Hall–Kier alpha value is -6.43. The Kier molecular flexibility index (Phi) is 7.88. The monoisotopic (exact) mass is 672 g/mol. The molecule has 5 heteroatoms. The Bertz CT molecular complexity index is 2730. The molecule has 0 radical (unpaired) electrons. The van der Waals surface area contributed by atoms with Crippen molar-refractivity contribution in [3.05, 3.63) is 187 Å². The van der Waals surface area contributed by atoms with Crippen LogP contribution in [0.4, 0.5) is 0 Å². The fourth-order valence-corrected chi connectivity index (χ4v) is 8.26. The van der Waals surface area contributed by atoms with Crippen LogP contribution in [0, 0.1) is 0 Å². The van der Waals surface area contributed by atoms with E-state index in [1.54, 1.807) is 11.3 Å². The van der Waals surface area contributed by atoms with Crippen molar-refractivity contribution in [1.82, 2.24) is 4.57 Å². The van der Waals surface area contributed by atoms with Crippen LogP contribution in [0.1, 0.15) is 16.7 Å². The molecule has 0 saturated heterocycles. The van der Waals surface area contributed by atoms with Gasteiger partial charge in [-0.05, 0) is 59.8 Å². The van der Waals surface area contributed by atoms with Gasteiger partial charge in [-0.15, -0.1) is 11.3 Å². The van der Waals surface area contributed by atoms with Gasteiger partial charge in [0, 0.05) is 47.8 Å². The fourth-order valence-electron chi connectivity index (χ4n) is 7.05. The summed E-state index contributed by atoms with van der Waals surface area (Å²) in [6.45, 7) is 4.43. The lowest BCUT2D eigenvalue weighted by Crippen LogP contribution is -2.07. The van der Waals surface area contributed by atoms with Crippen LogP contribution >= 0.6 is 11.3 Å². The maximum absolute atomic E-state index is 5.23. The molecular formula is C46H32N4S. The first kappa shape index (κ1) is 30.6. The first-order chi connectivity index (χ1) is 25.3. The van der Waals surface area contributed by atoms with E-state index in [1.165, 1.54) is 37.3 Å². The Morgan fingerprint density at radius 3 is 1.88 bits per heavy atom. The molecule has 0 N–H and O–H groups in total. The number of amidine groups is 2. The molecular weight excluding hydrogens is 641 g/mol. The molecule has 0 saturated carbocycles. The standard InChI is InChI=1S/C46H32N4S/c1-47-45(39-20-6-5-16-34(39)32-14-3-2-4-15-32)49-46(40-22-13-21-38-37-19-9-12-25-43(37)51-44(38)40)48-30-31-26-28-33(29-27-31)50-41-23-10-7-17-35(41)36-18-8-11-24-42(36)50/h2-29H,1,30H2. The summed E-state index contributed by atoms with van der Waals surface area (Å²) in [6.07, 6.45) is 0. The van der Waals surface area contributed by atoms with Gasteiger partial charge < -0.3 is 4.57 Å². The Morgan fingerprint density at radius 2 is 1.14 bits per heavy atom. The van der Waals surface area contributed by atoms with Crippen LogP contribution in [-0.4, -0.2) is 23.0 Å². The molecule has 7 aromatic carbocycles. The van der Waals surface area contributed by atoms with Crippen molar-refractivity contribution in [2.24, 2.45) is 15.0 Å². The highest BCUT2D eigenvalue weighted by Gasteiger charge is 2.17. The van der Waals surface area contributed by atoms with Crippen molar-refractivity contribution in [3.63, 3.8) is 0 Å². The van der Waals surface area contributed by atoms with Crippen LogP contribution in [0.25, 0.3) is 58.8 Å². The van der Waals surface area contributed by atoms with Gasteiger partial charge >= 0.3 is 0 Å². The molecule has 4 nitrogen and oxygen atoms in total. The summed E-state index contributed by atoms with van der Waals surface area (Å²) in [6, 6.07) is 59.4. The minimum Gasteiger partial charge on any atom is -0.309 e. The second-order valence-electron chi connectivity index (χ2n) is 12.5. The molecule has 0 atom stereocenters. The third-order valence-corrected chi connectivity index (χ3v) is 10.7. The van der Waals surface area contributed by atoms with E-state index in [0.717, 1.165) is 38.2 Å². The van der Waals surface area contributed by atoms with E-state index < -0.39 is 0 Å². The third-order valence-electron chi connectivity index (χ3n) is 9.45. The van der Waals surface area contributed by atoms with Gasteiger partial charge in [-0.3, -0.25) is 4.99 Å². The predicted octanol–water partition coefficient (Wildman–Crippen LogP) is 11.9. The summed E-state index contributed by atoms with van der Waals surface area (Å²) in [5.74, 6) is 1.16. The molecule has 0 spiro atoms. The number of hydrogen-bond acceptors (Lipinski definition) is 2. The minimum atomic E-state index is 0.457. The molecule has 2 aromatic heterocycles. The van der Waals surface area contributed by atoms with Crippen molar-refractivity contribution in [1.29, 1.82) is 0 Å². The largest absolute Gasteiger partial charge is 0.309 e. The fraction of sp³-hybridized carbons (Fsp3) is 0.0217. The van der Waals surface area contributed by atoms with E-state index in [-0.39, 0.29) is 0 Å². The van der Waals surface area contributed by atoms with Crippen molar-refractivity contribution >= 4 is 71.7 Å². The molecule has 0 unspecified atom stereocenters. The van der Waals surface area contributed by atoms with Crippen molar-refractivity contribution in [2.75, 3.05) is 0 Å². The zero-order valence-corrected chi connectivity index (χ0v) is 28.6. The zero-order chi connectivity index (χ0) is 34.1. The van der Waals surface area contributed by atoms with Gasteiger partial charge in [0.2, 0.25) is 0 Å². The molecule has 9 rings (SSSR count). The van der Waals surface area contributed by atoms with E-state index in [1.807, 2.05) is 30.3 Å². The lowest BCUT2D eigenvalue weighted by Gasteiger charge is -2.11. The highest BCUT2D eigenvalue weighted by molar-refractivity contribution is 7.26. The van der Waals surface area contributed by atoms with Gasteiger partial charge in [0.15, 0.2) is 11.7 Å². The van der Waals surface area contributed by atoms with Crippen LogP contribution in [0.2, 0.25) is 0 Å². The molecule has 0 aliphatic heterocycles. The van der Waals surface area contributed by atoms with Gasteiger partial charge in [-0.25, -0.2) is 9.98 Å². The number of thiophene rings is 1. The number of rotatable bonds is 6. The molecule has 9 aromatic rings. The van der Waals surface area contributed by atoms with E-state index in [2.05, 4.69) is 156 Å². The number of benzene rings is 7.